The zero-order chi connectivity index (χ0) is 12.8. The highest BCUT2D eigenvalue weighted by atomic mass is 16.4. The fourth-order valence-corrected chi connectivity index (χ4v) is 1.33. The molecule has 0 saturated heterocycles. The Morgan fingerprint density at radius 1 is 1.65 bits per heavy atom. The van der Waals surface area contributed by atoms with Crippen molar-refractivity contribution in [1.29, 1.82) is 0 Å². The van der Waals surface area contributed by atoms with Gasteiger partial charge in [-0.3, -0.25) is 14.3 Å². The van der Waals surface area contributed by atoms with Gasteiger partial charge < -0.3 is 16.2 Å². The molecule has 94 valence electrons. The van der Waals surface area contributed by atoms with Gasteiger partial charge in [0.25, 0.3) is 0 Å². The number of aliphatic carboxylic acids is 1. The Labute approximate surface area is 98.6 Å². The molecule has 0 spiro atoms. The zero-order valence-electron chi connectivity index (χ0n) is 9.59. The summed E-state index contributed by atoms with van der Waals surface area (Å²) in [4.78, 5) is 22.0. The molecule has 7 nitrogen and oxygen atoms in total. The van der Waals surface area contributed by atoms with Crippen molar-refractivity contribution in [2.45, 2.75) is 32.4 Å². The van der Waals surface area contributed by atoms with Crippen LogP contribution in [0.15, 0.2) is 12.4 Å². The molecule has 1 atom stereocenters. The van der Waals surface area contributed by atoms with Crippen LogP contribution < -0.4 is 11.1 Å². The van der Waals surface area contributed by atoms with E-state index >= 15 is 0 Å². The number of hydrogen-bond donors (Lipinski definition) is 3. The Bertz CT molecular complexity index is 402. The molecule has 0 saturated carbocycles. The highest BCUT2D eigenvalue weighted by Gasteiger charge is 2.13. The van der Waals surface area contributed by atoms with Gasteiger partial charge >= 0.3 is 5.97 Å². The highest BCUT2D eigenvalue weighted by Crippen LogP contribution is 2.06. The number of carbonyl (C=O) groups is 2. The van der Waals surface area contributed by atoms with Gasteiger partial charge in [0, 0.05) is 6.20 Å². The van der Waals surface area contributed by atoms with Gasteiger partial charge in [-0.25, -0.2) is 0 Å². The van der Waals surface area contributed by atoms with Crippen molar-refractivity contribution in [3.05, 3.63) is 12.4 Å². The first kappa shape index (κ1) is 13.2. The molecule has 0 radical (unpaired) electrons. The molecule has 1 heterocycles. The van der Waals surface area contributed by atoms with Gasteiger partial charge in [-0.2, -0.15) is 5.10 Å². The first-order valence-electron chi connectivity index (χ1n) is 5.33. The van der Waals surface area contributed by atoms with Crippen molar-refractivity contribution in [2.24, 2.45) is 5.73 Å². The summed E-state index contributed by atoms with van der Waals surface area (Å²) in [7, 11) is 0. The molecule has 1 aromatic rings. The van der Waals surface area contributed by atoms with Gasteiger partial charge in [0.2, 0.25) is 5.91 Å². The standard InChI is InChI=1S/C10H16N4O3/c1-2-3-8(11)10(17)13-7-4-12-14(5-7)6-9(15)16/h4-5,8H,2-3,6,11H2,1H3,(H,13,17)(H,15,16)/t8-/m0/s1. The third-order valence-electron chi connectivity index (χ3n) is 2.13. The Balaban J connectivity index is 2.54. The van der Waals surface area contributed by atoms with Crippen LogP contribution in [0.3, 0.4) is 0 Å². The molecule has 1 amide bonds. The first-order valence-corrected chi connectivity index (χ1v) is 5.33. The number of carbonyl (C=O) groups excluding carboxylic acids is 1. The van der Waals surface area contributed by atoms with Crippen LogP contribution in [-0.4, -0.2) is 32.8 Å². The van der Waals surface area contributed by atoms with Crippen molar-refractivity contribution in [3.63, 3.8) is 0 Å². The van der Waals surface area contributed by atoms with E-state index < -0.39 is 12.0 Å². The summed E-state index contributed by atoms with van der Waals surface area (Å²) in [5, 5.41) is 14.9. The minimum Gasteiger partial charge on any atom is -0.480 e. The maximum Gasteiger partial charge on any atom is 0.325 e. The minimum absolute atomic E-state index is 0.239. The Morgan fingerprint density at radius 3 is 2.94 bits per heavy atom. The van der Waals surface area contributed by atoms with E-state index in [1.165, 1.54) is 17.1 Å². The van der Waals surface area contributed by atoms with Crippen LogP contribution in [-0.2, 0) is 16.1 Å². The average Bonchev–Trinajstić information content (AvgIpc) is 2.64. The monoisotopic (exact) mass is 240 g/mol. The molecule has 0 fully saturated rings. The lowest BCUT2D eigenvalue weighted by molar-refractivity contribution is -0.137. The number of anilines is 1. The second-order valence-electron chi connectivity index (χ2n) is 3.70. The van der Waals surface area contributed by atoms with Crippen molar-refractivity contribution in [2.75, 3.05) is 5.32 Å². The van der Waals surface area contributed by atoms with Crippen molar-refractivity contribution in [1.82, 2.24) is 9.78 Å². The molecule has 0 aliphatic rings. The number of nitrogens with one attached hydrogen (secondary N) is 1. The average molecular weight is 240 g/mol. The number of aromatic nitrogens is 2. The topological polar surface area (TPSA) is 110 Å². The number of nitrogens with zero attached hydrogens (tertiary/aromatic N) is 2. The second-order valence-corrected chi connectivity index (χ2v) is 3.70. The molecule has 1 rings (SSSR count). The largest absolute Gasteiger partial charge is 0.480 e. The summed E-state index contributed by atoms with van der Waals surface area (Å²) < 4.78 is 1.23. The molecule has 0 aromatic carbocycles. The first-order chi connectivity index (χ1) is 8.02. The normalized spacial score (nSPS) is 12.1. The maximum absolute atomic E-state index is 11.5. The summed E-state index contributed by atoms with van der Waals surface area (Å²) >= 11 is 0. The molecule has 1 aromatic heterocycles. The quantitative estimate of drug-likeness (QED) is 0.650. The maximum atomic E-state index is 11.5. The summed E-state index contributed by atoms with van der Waals surface area (Å²) in [5.74, 6) is -1.28. The van der Waals surface area contributed by atoms with Crippen LogP contribution in [0.1, 0.15) is 19.8 Å². The summed E-state index contributed by atoms with van der Waals surface area (Å²) in [6.45, 7) is 1.70. The fraction of sp³-hybridized carbons (Fsp3) is 0.500. The van der Waals surface area contributed by atoms with Crippen LogP contribution >= 0.6 is 0 Å². The number of rotatable bonds is 6. The molecule has 7 heteroatoms. The van der Waals surface area contributed by atoms with E-state index in [1.807, 2.05) is 6.92 Å². The lowest BCUT2D eigenvalue weighted by atomic mass is 10.2. The predicted octanol–water partition coefficient (Wildman–Crippen LogP) is 0.0336. The molecule has 4 N–H and O–H groups in total. The molecule has 0 unspecified atom stereocenters. The number of amides is 1. The number of hydrogen-bond acceptors (Lipinski definition) is 4. The van der Waals surface area contributed by atoms with E-state index in [9.17, 15) is 9.59 Å². The number of nitrogens with two attached hydrogens (primary N) is 1. The van der Waals surface area contributed by atoms with Crippen molar-refractivity contribution in [3.8, 4) is 0 Å². The highest BCUT2D eigenvalue weighted by molar-refractivity contribution is 5.94. The minimum atomic E-state index is -0.992. The van der Waals surface area contributed by atoms with Crippen LogP contribution in [0.4, 0.5) is 5.69 Å². The van der Waals surface area contributed by atoms with Gasteiger partial charge in [-0.1, -0.05) is 13.3 Å². The van der Waals surface area contributed by atoms with E-state index in [4.69, 9.17) is 10.8 Å². The lowest BCUT2D eigenvalue weighted by Gasteiger charge is -2.09. The number of carboxylic acid groups (broad SMARTS) is 1. The third kappa shape index (κ3) is 4.23. The van der Waals surface area contributed by atoms with E-state index in [0.717, 1.165) is 6.42 Å². The number of carboxylic acids is 1. The van der Waals surface area contributed by atoms with E-state index in [0.29, 0.717) is 12.1 Å². The smallest absolute Gasteiger partial charge is 0.325 e. The van der Waals surface area contributed by atoms with Gasteiger partial charge in [0.15, 0.2) is 0 Å². The van der Waals surface area contributed by atoms with Crippen LogP contribution in [0.25, 0.3) is 0 Å². The van der Waals surface area contributed by atoms with E-state index in [1.54, 1.807) is 0 Å². The zero-order valence-corrected chi connectivity index (χ0v) is 9.59. The van der Waals surface area contributed by atoms with Crippen LogP contribution in [0, 0.1) is 0 Å². The lowest BCUT2D eigenvalue weighted by Crippen LogP contribution is -2.35. The molecule has 17 heavy (non-hydrogen) atoms. The predicted molar refractivity (Wildman–Crippen MR) is 61.4 cm³/mol. The van der Waals surface area contributed by atoms with Gasteiger partial charge in [-0.05, 0) is 6.42 Å². The Kier molecular flexibility index (Phi) is 4.65. The summed E-state index contributed by atoms with van der Waals surface area (Å²) in [6, 6.07) is -0.553. The van der Waals surface area contributed by atoms with E-state index in [-0.39, 0.29) is 12.5 Å². The Hall–Kier alpha value is -1.89. The second kappa shape index (κ2) is 6.00. The molecule has 0 aliphatic heterocycles. The summed E-state index contributed by atoms with van der Waals surface area (Å²) in [5.41, 5.74) is 6.08. The van der Waals surface area contributed by atoms with Gasteiger partial charge in [0.05, 0.1) is 17.9 Å². The fourth-order valence-electron chi connectivity index (χ4n) is 1.33. The molecular formula is C10H16N4O3. The van der Waals surface area contributed by atoms with Gasteiger partial charge in [0.1, 0.15) is 6.54 Å². The molecule has 0 aliphatic carbocycles. The summed E-state index contributed by atoms with van der Waals surface area (Å²) in [6.07, 6.45) is 4.27. The Morgan fingerprint density at radius 2 is 2.35 bits per heavy atom. The molecular weight excluding hydrogens is 224 g/mol. The van der Waals surface area contributed by atoms with Crippen molar-refractivity contribution < 1.29 is 14.7 Å². The van der Waals surface area contributed by atoms with Crippen LogP contribution in [0.2, 0.25) is 0 Å². The molecule has 0 bridgehead atoms. The van der Waals surface area contributed by atoms with Crippen LogP contribution in [0.5, 0.6) is 0 Å². The SMILES string of the molecule is CCC[C@H](N)C(=O)Nc1cnn(CC(=O)O)c1. The third-order valence-corrected chi connectivity index (χ3v) is 2.13. The van der Waals surface area contributed by atoms with Crippen molar-refractivity contribution >= 4 is 17.6 Å². The van der Waals surface area contributed by atoms with E-state index in [2.05, 4.69) is 10.4 Å². The van der Waals surface area contributed by atoms with Gasteiger partial charge in [-0.15, -0.1) is 0 Å².